The molecule has 2 saturated carbocycles. The summed E-state index contributed by atoms with van der Waals surface area (Å²) in [5, 5.41) is 22.2. The van der Waals surface area contributed by atoms with Crippen molar-refractivity contribution in [3.05, 3.63) is 33.8 Å². The summed E-state index contributed by atoms with van der Waals surface area (Å²) in [7, 11) is 0. The molecule has 0 unspecified atom stereocenters. The van der Waals surface area contributed by atoms with Gasteiger partial charge in [-0.15, -0.1) is 0 Å². The first-order valence-corrected chi connectivity index (χ1v) is 8.01. The van der Waals surface area contributed by atoms with Gasteiger partial charge in [0, 0.05) is 24.4 Å². The number of nitrogens with two attached hydrogens (primary N) is 1. The number of carbonyl (C=O) groups is 2. The Kier molecular flexibility index (Phi) is 4.03. The fourth-order valence-corrected chi connectivity index (χ4v) is 4.12. The lowest BCUT2D eigenvalue weighted by Crippen LogP contribution is -2.63. The zero-order valence-corrected chi connectivity index (χ0v) is 13.8. The van der Waals surface area contributed by atoms with Crippen LogP contribution in [0.15, 0.2) is 18.2 Å². The number of nitrogens with one attached hydrogen (secondary N) is 1. The number of benzene rings is 1. The molecule has 6 nitrogen and oxygen atoms in total. The Balaban J connectivity index is 1.76. The van der Waals surface area contributed by atoms with Crippen LogP contribution in [0, 0.1) is 11.8 Å². The molecule has 0 bridgehead atoms. The number of hydrogen-bond donors (Lipinski definition) is 4. The third kappa shape index (κ3) is 2.30. The molecule has 0 aliphatic heterocycles. The summed E-state index contributed by atoms with van der Waals surface area (Å²) in [5.74, 6) is -5.22. The summed E-state index contributed by atoms with van der Waals surface area (Å²) in [6, 6.07) is 4.20. The van der Waals surface area contributed by atoms with Crippen LogP contribution in [0.3, 0.4) is 0 Å². The molecule has 0 saturated heterocycles. The lowest BCUT2D eigenvalue weighted by molar-refractivity contribution is -0.150. The molecule has 2 aliphatic rings. The molecule has 0 heterocycles. The van der Waals surface area contributed by atoms with Gasteiger partial charge in [0.05, 0.1) is 10.0 Å². The molecule has 0 amide bonds. The van der Waals surface area contributed by atoms with E-state index in [9.17, 15) is 19.1 Å². The number of halogens is 3. The first kappa shape index (κ1) is 17.4. The lowest BCUT2D eigenvalue weighted by atomic mass is 9.86. The SMILES string of the molecule is N[C@]1(C(=O)O)[C@H]2[C@@H](C[C@H]1NCc1ccc(Cl)c(Cl)c1)[C@]2(F)C(=O)O. The number of carboxylic acids is 2. The minimum Gasteiger partial charge on any atom is -0.480 e. The van der Waals surface area contributed by atoms with Gasteiger partial charge in [0.15, 0.2) is 0 Å². The van der Waals surface area contributed by atoms with Crippen molar-refractivity contribution in [1.29, 1.82) is 0 Å². The van der Waals surface area contributed by atoms with Crippen LogP contribution in [0.2, 0.25) is 10.0 Å². The van der Waals surface area contributed by atoms with Gasteiger partial charge < -0.3 is 21.3 Å². The maximum absolute atomic E-state index is 14.4. The zero-order valence-electron chi connectivity index (χ0n) is 12.3. The summed E-state index contributed by atoms with van der Waals surface area (Å²) < 4.78 is 14.4. The Morgan fingerprint density at radius 2 is 1.96 bits per heavy atom. The van der Waals surface area contributed by atoms with Gasteiger partial charge in [0.25, 0.3) is 0 Å². The Morgan fingerprint density at radius 1 is 1.29 bits per heavy atom. The fourth-order valence-electron chi connectivity index (χ4n) is 3.80. The average Bonchev–Trinajstić information content (AvgIpc) is 2.98. The van der Waals surface area contributed by atoms with Gasteiger partial charge in [-0.25, -0.2) is 9.18 Å². The molecular weight excluding hydrogens is 362 g/mol. The molecule has 5 atom stereocenters. The van der Waals surface area contributed by atoms with Crippen LogP contribution in [0.4, 0.5) is 4.39 Å². The normalized spacial score (nSPS) is 37.1. The van der Waals surface area contributed by atoms with E-state index in [2.05, 4.69) is 5.32 Å². The molecule has 2 aliphatic carbocycles. The van der Waals surface area contributed by atoms with E-state index in [4.69, 9.17) is 34.0 Å². The van der Waals surface area contributed by atoms with Crippen LogP contribution in [0.5, 0.6) is 0 Å². The van der Waals surface area contributed by atoms with Gasteiger partial charge >= 0.3 is 11.9 Å². The summed E-state index contributed by atoms with van der Waals surface area (Å²) in [4.78, 5) is 22.7. The number of hydrogen-bond acceptors (Lipinski definition) is 4. The smallest absolute Gasteiger partial charge is 0.342 e. The van der Waals surface area contributed by atoms with Crippen LogP contribution in [-0.4, -0.2) is 39.4 Å². The Bertz CT molecular complexity index is 733. The van der Waals surface area contributed by atoms with E-state index in [1.807, 2.05) is 0 Å². The Morgan fingerprint density at radius 3 is 2.50 bits per heavy atom. The van der Waals surface area contributed by atoms with Crippen molar-refractivity contribution < 1.29 is 24.2 Å². The van der Waals surface area contributed by atoms with Gasteiger partial charge in [0.2, 0.25) is 5.67 Å². The van der Waals surface area contributed by atoms with Crippen molar-refractivity contribution in [3.63, 3.8) is 0 Å². The first-order chi connectivity index (χ1) is 11.1. The molecule has 24 heavy (non-hydrogen) atoms. The number of alkyl halides is 1. The van der Waals surface area contributed by atoms with Crippen molar-refractivity contribution in [1.82, 2.24) is 5.32 Å². The van der Waals surface area contributed by atoms with E-state index in [1.54, 1.807) is 18.2 Å². The molecule has 1 aromatic rings. The highest BCUT2D eigenvalue weighted by Gasteiger charge is 2.84. The molecule has 9 heteroatoms. The second-order valence-electron chi connectivity index (χ2n) is 6.31. The van der Waals surface area contributed by atoms with E-state index in [-0.39, 0.29) is 13.0 Å². The second-order valence-corrected chi connectivity index (χ2v) is 7.13. The van der Waals surface area contributed by atoms with Crippen LogP contribution in [0.25, 0.3) is 0 Å². The van der Waals surface area contributed by atoms with Crippen molar-refractivity contribution in [2.75, 3.05) is 0 Å². The van der Waals surface area contributed by atoms with Gasteiger partial charge in [-0.2, -0.15) is 0 Å². The van der Waals surface area contributed by atoms with Crippen molar-refractivity contribution in [2.24, 2.45) is 17.6 Å². The number of rotatable bonds is 5. The fraction of sp³-hybridized carbons (Fsp3) is 0.467. The molecule has 2 fully saturated rings. The first-order valence-electron chi connectivity index (χ1n) is 7.25. The van der Waals surface area contributed by atoms with Crippen molar-refractivity contribution in [3.8, 4) is 0 Å². The van der Waals surface area contributed by atoms with Gasteiger partial charge in [-0.3, -0.25) is 4.79 Å². The Hall–Kier alpha value is -1.41. The van der Waals surface area contributed by atoms with Crippen LogP contribution in [0.1, 0.15) is 12.0 Å². The van der Waals surface area contributed by atoms with Crippen LogP contribution >= 0.6 is 23.2 Å². The Labute approximate surface area is 146 Å². The number of aliphatic carboxylic acids is 2. The van der Waals surface area contributed by atoms with E-state index in [0.29, 0.717) is 10.0 Å². The molecule has 1 aromatic carbocycles. The summed E-state index contributed by atoms with van der Waals surface area (Å²) >= 11 is 11.8. The highest BCUT2D eigenvalue weighted by Crippen LogP contribution is 2.66. The maximum atomic E-state index is 14.4. The van der Waals surface area contributed by atoms with Gasteiger partial charge in [0.1, 0.15) is 5.54 Å². The minimum atomic E-state index is -2.56. The summed E-state index contributed by atoms with van der Waals surface area (Å²) in [6.45, 7) is 0.250. The van der Waals surface area contributed by atoms with Crippen LogP contribution < -0.4 is 11.1 Å². The highest BCUT2D eigenvalue weighted by molar-refractivity contribution is 6.42. The molecule has 0 radical (unpaired) electrons. The quantitative estimate of drug-likeness (QED) is 0.621. The maximum Gasteiger partial charge on any atom is 0.342 e. The van der Waals surface area contributed by atoms with Gasteiger partial charge in [-0.05, 0) is 24.1 Å². The van der Waals surface area contributed by atoms with E-state index < -0.39 is 41.0 Å². The van der Waals surface area contributed by atoms with Crippen LogP contribution in [-0.2, 0) is 16.1 Å². The molecule has 5 N–H and O–H groups in total. The topological polar surface area (TPSA) is 113 Å². The largest absolute Gasteiger partial charge is 0.480 e. The number of carboxylic acid groups (broad SMARTS) is 2. The molecule has 0 spiro atoms. The molecular formula is C15H15Cl2FN2O4. The summed E-state index contributed by atoms with van der Waals surface area (Å²) in [6.07, 6.45) is 0.0393. The molecule has 130 valence electrons. The highest BCUT2D eigenvalue weighted by atomic mass is 35.5. The minimum absolute atomic E-state index is 0.0393. The van der Waals surface area contributed by atoms with Crippen molar-refractivity contribution >= 4 is 35.1 Å². The number of fused-ring (bicyclic) bond motifs is 1. The average molecular weight is 377 g/mol. The third-order valence-electron chi connectivity index (χ3n) is 5.10. The van der Waals surface area contributed by atoms with Crippen molar-refractivity contribution in [2.45, 2.75) is 30.2 Å². The predicted octanol–water partition coefficient (Wildman–Crippen LogP) is 1.68. The van der Waals surface area contributed by atoms with E-state index in [1.165, 1.54) is 0 Å². The summed E-state index contributed by atoms with van der Waals surface area (Å²) in [5.41, 5.74) is 2.16. The van der Waals surface area contributed by atoms with E-state index in [0.717, 1.165) is 5.56 Å². The monoisotopic (exact) mass is 376 g/mol. The molecule has 3 rings (SSSR count). The van der Waals surface area contributed by atoms with Gasteiger partial charge in [-0.1, -0.05) is 29.3 Å². The zero-order chi connectivity index (χ0) is 17.9. The second kappa shape index (κ2) is 5.56. The molecule has 0 aromatic heterocycles. The lowest BCUT2D eigenvalue weighted by Gasteiger charge is -2.32. The third-order valence-corrected chi connectivity index (χ3v) is 5.84. The standard InChI is InChI=1S/C15H15Cl2FN2O4/c16-8-2-1-6(3-9(8)17)5-20-10-4-7-11(14(7,18)12(21)22)15(10,19)13(23)24/h1-3,7,10-11,20H,4-5,19H2,(H,21,22)(H,23,24)/t7-,10-,11+,14-,15+/m1/s1. The van der Waals surface area contributed by atoms with E-state index >= 15 is 0 Å². The predicted molar refractivity (Wildman–Crippen MR) is 84.7 cm³/mol.